The summed E-state index contributed by atoms with van der Waals surface area (Å²) in [6.45, 7) is 20.3. The van der Waals surface area contributed by atoms with Crippen molar-refractivity contribution < 1.29 is 19.3 Å². The molecule has 0 saturated carbocycles. The molecule has 0 radical (unpaired) electrons. The Morgan fingerprint density at radius 2 is 1.54 bits per heavy atom. The summed E-state index contributed by atoms with van der Waals surface area (Å²) < 4.78 is 17.7. The van der Waals surface area contributed by atoms with E-state index >= 15 is 0 Å². The molecule has 0 bridgehead atoms. The van der Waals surface area contributed by atoms with Crippen LogP contribution in [0.4, 0.5) is 0 Å². The number of benzene rings is 2. The van der Waals surface area contributed by atoms with Crippen molar-refractivity contribution in [2.75, 3.05) is 13.2 Å². The molecule has 0 spiro atoms. The van der Waals surface area contributed by atoms with Gasteiger partial charge in [-0.15, -0.1) is 0 Å². The lowest BCUT2D eigenvalue weighted by Crippen LogP contribution is -2.29. The summed E-state index contributed by atoms with van der Waals surface area (Å²) in [5.74, 6) is 0.681. The van der Waals surface area contributed by atoms with E-state index in [4.69, 9.17) is 14.2 Å². The van der Waals surface area contributed by atoms with Crippen molar-refractivity contribution in [1.29, 1.82) is 0 Å². The van der Waals surface area contributed by atoms with E-state index in [-0.39, 0.29) is 11.5 Å². The van der Waals surface area contributed by atoms with Crippen LogP contribution >= 0.6 is 0 Å². The third-order valence-electron chi connectivity index (χ3n) is 8.78. The first-order valence-corrected chi connectivity index (χ1v) is 14.3. The molecule has 0 aliphatic carbocycles. The molecule has 1 N–H and O–H groups in total. The van der Waals surface area contributed by atoms with Crippen molar-refractivity contribution in [3.63, 3.8) is 0 Å². The monoisotopic (exact) mass is 510 g/mol. The Balaban J connectivity index is 1.83. The minimum atomic E-state index is -0.588. The van der Waals surface area contributed by atoms with Crippen LogP contribution in [-0.4, -0.2) is 35.8 Å². The first-order valence-electron chi connectivity index (χ1n) is 14.3. The molecular formula is C33H50O4. The summed E-state index contributed by atoms with van der Waals surface area (Å²) in [7, 11) is 0. The van der Waals surface area contributed by atoms with Gasteiger partial charge < -0.3 is 19.3 Å². The third-order valence-corrected chi connectivity index (χ3v) is 8.78. The maximum atomic E-state index is 10.9. The maximum absolute atomic E-state index is 10.9. The molecule has 37 heavy (non-hydrogen) atoms. The topological polar surface area (TPSA) is 47.9 Å². The molecule has 2 unspecified atom stereocenters. The molecule has 2 atom stereocenters. The standard InChI is InChI=1S/C33H50O4/c1-10-32(34,11-2)20-25(7)29-16-14-26(18-23(29)5)33(12-3,13-4)27-15-17-30(24(6)19-27)35-21-28-22-36-31(8,9)37-28/h14-19,25,28,34H,10-13,20-22H2,1-9H3. The van der Waals surface area contributed by atoms with Gasteiger partial charge in [0, 0.05) is 5.41 Å². The van der Waals surface area contributed by atoms with Crippen LogP contribution in [0.1, 0.15) is 114 Å². The van der Waals surface area contributed by atoms with E-state index < -0.39 is 11.4 Å². The highest BCUT2D eigenvalue weighted by Gasteiger charge is 2.34. The van der Waals surface area contributed by atoms with Crippen LogP contribution in [0.2, 0.25) is 0 Å². The van der Waals surface area contributed by atoms with E-state index in [1.165, 1.54) is 22.3 Å². The minimum absolute atomic E-state index is 0.0472. The molecule has 1 fully saturated rings. The quantitative estimate of drug-likeness (QED) is 0.314. The smallest absolute Gasteiger partial charge is 0.163 e. The van der Waals surface area contributed by atoms with E-state index in [9.17, 15) is 5.11 Å². The third kappa shape index (κ3) is 6.58. The van der Waals surface area contributed by atoms with Crippen LogP contribution in [0.3, 0.4) is 0 Å². The second kappa shape index (κ2) is 11.9. The van der Waals surface area contributed by atoms with Gasteiger partial charge >= 0.3 is 0 Å². The molecule has 0 aromatic heterocycles. The SMILES string of the molecule is CCC(O)(CC)CC(C)c1ccc(C(CC)(CC)c2ccc(OCC3COC(C)(C)O3)c(C)c2)cc1C. The fraction of sp³-hybridized carbons (Fsp3) is 0.636. The van der Waals surface area contributed by atoms with E-state index in [2.05, 4.69) is 84.9 Å². The highest BCUT2D eigenvalue weighted by atomic mass is 16.7. The van der Waals surface area contributed by atoms with Gasteiger partial charge in [0.05, 0.1) is 12.2 Å². The van der Waals surface area contributed by atoms with Crippen molar-refractivity contribution in [3.8, 4) is 5.75 Å². The van der Waals surface area contributed by atoms with Gasteiger partial charge in [0.2, 0.25) is 0 Å². The van der Waals surface area contributed by atoms with Gasteiger partial charge in [-0.1, -0.05) is 65.0 Å². The normalized spacial score (nSPS) is 18.7. The Morgan fingerprint density at radius 1 is 0.946 bits per heavy atom. The zero-order valence-electron chi connectivity index (χ0n) is 24.7. The Kier molecular flexibility index (Phi) is 9.53. The lowest BCUT2D eigenvalue weighted by Gasteiger charge is -2.35. The highest BCUT2D eigenvalue weighted by Crippen LogP contribution is 2.42. The van der Waals surface area contributed by atoms with Crippen LogP contribution in [-0.2, 0) is 14.9 Å². The average molecular weight is 511 g/mol. The Labute approximate surface area is 225 Å². The second-order valence-electron chi connectivity index (χ2n) is 11.6. The fourth-order valence-corrected chi connectivity index (χ4v) is 6.11. The van der Waals surface area contributed by atoms with E-state index in [1.807, 2.05) is 13.8 Å². The Morgan fingerprint density at radius 3 is 2.03 bits per heavy atom. The summed E-state index contributed by atoms with van der Waals surface area (Å²) in [6, 6.07) is 13.7. The second-order valence-corrected chi connectivity index (χ2v) is 11.6. The first kappa shape index (κ1) is 29.7. The molecule has 2 aromatic rings. The van der Waals surface area contributed by atoms with Crippen LogP contribution in [0.5, 0.6) is 5.75 Å². The number of ether oxygens (including phenoxy) is 3. The number of aryl methyl sites for hydroxylation is 2. The molecular weight excluding hydrogens is 460 g/mol. The first-order chi connectivity index (χ1) is 17.4. The van der Waals surface area contributed by atoms with E-state index in [0.29, 0.717) is 19.1 Å². The number of aliphatic hydroxyl groups is 1. The van der Waals surface area contributed by atoms with Crippen LogP contribution < -0.4 is 4.74 Å². The predicted molar refractivity (Wildman–Crippen MR) is 153 cm³/mol. The van der Waals surface area contributed by atoms with E-state index in [0.717, 1.165) is 43.4 Å². The molecule has 3 rings (SSSR count). The molecule has 0 amide bonds. The fourth-order valence-electron chi connectivity index (χ4n) is 6.11. The van der Waals surface area contributed by atoms with Crippen molar-refractivity contribution in [2.24, 2.45) is 0 Å². The van der Waals surface area contributed by atoms with Crippen molar-refractivity contribution >= 4 is 0 Å². The molecule has 4 heteroatoms. The number of rotatable bonds is 12. The zero-order chi connectivity index (χ0) is 27.4. The van der Waals surface area contributed by atoms with E-state index in [1.54, 1.807) is 0 Å². The van der Waals surface area contributed by atoms with Gasteiger partial charge in [-0.25, -0.2) is 0 Å². The lowest BCUT2D eigenvalue weighted by atomic mass is 9.69. The van der Waals surface area contributed by atoms with Crippen molar-refractivity contribution in [2.45, 2.75) is 123 Å². The minimum Gasteiger partial charge on any atom is -0.491 e. The molecule has 206 valence electrons. The molecule has 1 aliphatic heterocycles. The molecule has 1 heterocycles. The maximum Gasteiger partial charge on any atom is 0.163 e. The molecule has 2 aromatic carbocycles. The highest BCUT2D eigenvalue weighted by molar-refractivity contribution is 5.47. The van der Waals surface area contributed by atoms with Crippen molar-refractivity contribution in [3.05, 3.63) is 64.2 Å². The van der Waals surface area contributed by atoms with Gasteiger partial charge in [-0.3, -0.25) is 0 Å². The van der Waals surface area contributed by atoms with Gasteiger partial charge in [0.1, 0.15) is 18.5 Å². The summed E-state index contributed by atoms with van der Waals surface area (Å²) in [4.78, 5) is 0. The van der Waals surface area contributed by atoms with Gasteiger partial charge in [-0.05, 0) is 99.6 Å². The zero-order valence-corrected chi connectivity index (χ0v) is 24.7. The van der Waals surface area contributed by atoms with Gasteiger partial charge in [0.25, 0.3) is 0 Å². The Hall–Kier alpha value is -1.88. The summed E-state index contributed by atoms with van der Waals surface area (Å²) in [5, 5.41) is 10.9. The largest absolute Gasteiger partial charge is 0.491 e. The molecule has 4 nitrogen and oxygen atoms in total. The van der Waals surface area contributed by atoms with Crippen LogP contribution in [0.15, 0.2) is 36.4 Å². The summed E-state index contributed by atoms with van der Waals surface area (Å²) in [6.07, 6.45) is 4.37. The number of hydrogen-bond acceptors (Lipinski definition) is 4. The lowest BCUT2D eigenvalue weighted by molar-refractivity contribution is -0.141. The Bertz CT molecular complexity index is 1030. The summed E-state index contributed by atoms with van der Waals surface area (Å²) in [5.41, 5.74) is 5.83. The summed E-state index contributed by atoms with van der Waals surface area (Å²) >= 11 is 0. The van der Waals surface area contributed by atoms with Crippen LogP contribution in [0, 0.1) is 13.8 Å². The molecule has 1 aliphatic rings. The van der Waals surface area contributed by atoms with Gasteiger partial charge in [-0.2, -0.15) is 0 Å². The van der Waals surface area contributed by atoms with Crippen molar-refractivity contribution in [1.82, 2.24) is 0 Å². The van der Waals surface area contributed by atoms with Crippen LogP contribution in [0.25, 0.3) is 0 Å². The predicted octanol–water partition coefficient (Wildman–Crippen LogP) is 7.98. The number of hydrogen-bond donors (Lipinski definition) is 1. The van der Waals surface area contributed by atoms with Gasteiger partial charge in [0.15, 0.2) is 5.79 Å². The molecule has 1 saturated heterocycles. The average Bonchev–Trinajstić information content (AvgIpc) is 3.22.